The summed E-state index contributed by atoms with van der Waals surface area (Å²) in [5, 5.41) is 7.94. The summed E-state index contributed by atoms with van der Waals surface area (Å²) in [5.74, 6) is -0.877. The van der Waals surface area contributed by atoms with Crippen LogP contribution in [0.4, 0.5) is 17.1 Å². The van der Waals surface area contributed by atoms with Crippen molar-refractivity contribution in [3.05, 3.63) is 18.2 Å². The number of carbonyl (C=O) groups excluding carboxylic acids is 3. The Morgan fingerprint density at radius 2 is 1.14 bits per heavy atom. The summed E-state index contributed by atoms with van der Waals surface area (Å²) in [6, 6.07) is 4.82. The van der Waals surface area contributed by atoms with E-state index in [1.807, 2.05) is 0 Å². The first kappa shape index (κ1) is 17.0. The number of halogens is 1. The van der Waals surface area contributed by atoms with E-state index in [1.165, 1.54) is 0 Å². The molecular formula is C14H18ClN3O3. The lowest BCUT2D eigenvalue weighted by Gasteiger charge is -2.12. The first-order valence-electron chi connectivity index (χ1n) is 6.59. The molecule has 1 aromatic rings. The van der Waals surface area contributed by atoms with E-state index in [4.69, 9.17) is 11.6 Å². The predicted octanol–water partition coefficient (Wildman–Crippen LogP) is 2.56. The Morgan fingerprint density at radius 3 is 1.43 bits per heavy atom. The highest BCUT2D eigenvalue weighted by atomic mass is 35.5. The third-order valence-electron chi connectivity index (χ3n) is 2.55. The van der Waals surface area contributed by atoms with Crippen molar-refractivity contribution in [2.45, 2.75) is 26.7 Å². The number of hydrogen-bond donors (Lipinski definition) is 3. The van der Waals surface area contributed by atoms with E-state index in [0.29, 0.717) is 29.9 Å². The maximum Gasteiger partial charge on any atom is 0.239 e. The van der Waals surface area contributed by atoms with Crippen molar-refractivity contribution in [2.24, 2.45) is 0 Å². The van der Waals surface area contributed by atoms with E-state index >= 15 is 0 Å². The van der Waals surface area contributed by atoms with E-state index in [2.05, 4.69) is 16.0 Å². The van der Waals surface area contributed by atoms with Crippen LogP contribution in [0.2, 0.25) is 0 Å². The van der Waals surface area contributed by atoms with Crippen molar-refractivity contribution >= 4 is 46.4 Å². The quantitative estimate of drug-likeness (QED) is 0.706. The first-order chi connectivity index (χ1) is 9.98. The summed E-state index contributed by atoms with van der Waals surface area (Å²) in [6.07, 6.45) is 0.657. The van der Waals surface area contributed by atoms with Gasteiger partial charge in [0.05, 0.1) is 0 Å². The Morgan fingerprint density at radius 1 is 0.810 bits per heavy atom. The van der Waals surface area contributed by atoms with Gasteiger partial charge in [-0.3, -0.25) is 14.4 Å². The minimum Gasteiger partial charge on any atom is -0.326 e. The number of alkyl halides is 1. The van der Waals surface area contributed by atoms with Crippen molar-refractivity contribution < 1.29 is 14.4 Å². The molecule has 0 heterocycles. The highest BCUT2D eigenvalue weighted by Gasteiger charge is 2.08. The second kappa shape index (κ2) is 8.26. The average Bonchev–Trinajstić information content (AvgIpc) is 2.46. The molecule has 0 bridgehead atoms. The van der Waals surface area contributed by atoms with Crippen LogP contribution >= 0.6 is 11.6 Å². The molecule has 6 nitrogen and oxygen atoms in total. The van der Waals surface area contributed by atoms with Gasteiger partial charge in [-0.05, 0) is 18.2 Å². The molecule has 0 spiro atoms. The number of benzene rings is 1. The van der Waals surface area contributed by atoms with Crippen molar-refractivity contribution in [2.75, 3.05) is 21.8 Å². The predicted molar refractivity (Wildman–Crippen MR) is 83.6 cm³/mol. The van der Waals surface area contributed by atoms with Gasteiger partial charge < -0.3 is 16.0 Å². The maximum atomic E-state index is 11.5. The monoisotopic (exact) mass is 311 g/mol. The minimum absolute atomic E-state index is 0.163. The summed E-state index contributed by atoms with van der Waals surface area (Å²) >= 11 is 5.44. The molecule has 21 heavy (non-hydrogen) atoms. The molecule has 114 valence electrons. The molecule has 0 aliphatic carbocycles. The Bertz CT molecular complexity index is 458. The number of hydrogen-bond acceptors (Lipinski definition) is 3. The zero-order valence-corrected chi connectivity index (χ0v) is 12.7. The van der Waals surface area contributed by atoms with Crippen LogP contribution < -0.4 is 16.0 Å². The van der Waals surface area contributed by atoms with Crippen molar-refractivity contribution in [3.63, 3.8) is 0 Å². The number of anilines is 3. The van der Waals surface area contributed by atoms with Crippen LogP contribution in [0.1, 0.15) is 26.7 Å². The zero-order valence-electron chi connectivity index (χ0n) is 12.0. The lowest BCUT2D eigenvalue weighted by atomic mass is 10.2. The standard InChI is InChI=1S/C14H18ClN3O3/c1-3-12(19)16-9-5-10(17-13(20)4-2)7-11(6-9)18-14(21)8-15/h5-7H,3-4,8H2,1-2H3,(H,16,19)(H,17,20)(H,18,21). The van der Waals surface area contributed by atoms with Crippen LogP contribution in [0, 0.1) is 0 Å². The smallest absolute Gasteiger partial charge is 0.239 e. The van der Waals surface area contributed by atoms with Gasteiger partial charge in [-0.15, -0.1) is 11.6 Å². The van der Waals surface area contributed by atoms with Gasteiger partial charge in [0.2, 0.25) is 17.7 Å². The molecule has 1 aromatic carbocycles. The fourth-order valence-electron chi connectivity index (χ4n) is 1.54. The molecule has 0 aliphatic heterocycles. The molecule has 0 fully saturated rings. The average molecular weight is 312 g/mol. The number of nitrogens with one attached hydrogen (secondary N) is 3. The minimum atomic E-state index is -0.372. The second-order valence-corrected chi connectivity index (χ2v) is 4.55. The summed E-state index contributed by atoms with van der Waals surface area (Å²) in [4.78, 5) is 34.3. The molecule has 0 unspecified atom stereocenters. The van der Waals surface area contributed by atoms with Crippen LogP contribution in [0.25, 0.3) is 0 Å². The SMILES string of the molecule is CCC(=O)Nc1cc(NC(=O)CC)cc(NC(=O)CCl)c1. The molecule has 0 aromatic heterocycles. The summed E-state index contributed by atoms with van der Waals surface area (Å²) in [7, 11) is 0. The van der Waals surface area contributed by atoms with Crippen LogP contribution in [0.5, 0.6) is 0 Å². The summed E-state index contributed by atoms with van der Waals surface area (Å²) in [5.41, 5.74) is 1.42. The van der Waals surface area contributed by atoms with Gasteiger partial charge in [-0.2, -0.15) is 0 Å². The van der Waals surface area contributed by atoms with E-state index in [1.54, 1.807) is 32.0 Å². The van der Waals surface area contributed by atoms with E-state index in [9.17, 15) is 14.4 Å². The molecule has 0 radical (unpaired) electrons. The number of carbonyl (C=O) groups is 3. The third kappa shape index (κ3) is 5.83. The van der Waals surface area contributed by atoms with Gasteiger partial charge in [-0.25, -0.2) is 0 Å². The van der Waals surface area contributed by atoms with Gasteiger partial charge in [-0.1, -0.05) is 13.8 Å². The molecule has 3 N–H and O–H groups in total. The second-order valence-electron chi connectivity index (χ2n) is 4.28. The van der Waals surface area contributed by atoms with Crippen molar-refractivity contribution in [1.29, 1.82) is 0 Å². The molecule has 0 saturated carbocycles. The molecule has 0 saturated heterocycles. The largest absolute Gasteiger partial charge is 0.326 e. The van der Waals surface area contributed by atoms with Crippen molar-refractivity contribution in [1.82, 2.24) is 0 Å². The molecule has 3 amide bonds. The van der Waals surface area contributed by atoms with E-state index < -0.39 is 0 Å². The first-order valence-corrected chi connectivity index (χ1v) is 7.12. The molecular weight excluding hydrogens is 294 g/mol. The molecule has 7 heteroatoms. The number of rotatable bonds is 6. The fraction of sp³-hybridized carbons (Fsp3) is 0.357. The zero-order chi connectivity index (χ0) is 15.8. The van der Waals surface area contributed by atoms with Crippen LogP contribution in [-0.2, 0) is 14.4 Å². The van der Waals surface area contributed by atoms with Crippen LogP contribution in [0.3, 0.4) is 0 Å². The summed E-state index contributed by atoms with van der Waals surface area (Å²) < 4.78 is 0. The van der Waals surface area contributed by atoms with Gasteiger partial charge in [0.25, 0.3) is 0 Å². The Kier molecular flexibility index (Phi) is 6.68. The Labute approximate surface area is 128 Å². The van der Waals surface area contributed by atoms with Gasteiger partial charge >= 0.3 is 0 Å². The van der Waals surface area contributed by atoms with Gasteiger partial charge in [0.1, 0.15) is 5.88 Å². The maximum absolute atomic E-state index is 11.5. The van der Waals surface area contributed by atoms with E-state index in [-0.39, 0.29) is 23.6 Å². The van der Waals surface area contributed by atoms with Crippen LogP contribution in [0.15, 0.2) is 18.2 Å². The van der Waals surface area contributed by atoms with Crippen LogP contribution in [-0.4, -0.2) is 23.6 Å². The Hall–Kier alpha value is -2.08. The highest BCUT2D eigenvalue weighted by molar-refractivity contribution is 6.29. The summed E-state index contributed by atoms with van der Waals surface area (Å²) in [6.45, 7) is 3.46. The number of amides is 3. The lowest BCUT2D eigenvalue weighted by molar-refractivity contribution is -0.116. The molecule has 0 aliphatic rings. The third-order valence-corrected chi connectivity index (χ3v) is 2.79. The highest BCUT2D eigenvalue weighted by Crippen LogP contribution is 2.23. The van der Waals surface area contributed by atoms with Crippen molar-refractivity contribution in [3.8, 4) is 0 Å². The fourth-order valence-corrected chi connectivity index (χ4v) is 1.60. The topological polar surface area (TPSA) is 87.3 Å². The normalized spacial score (nSPS) is 9.86. The molecule has 0 atom stereocenters. The Balaban J connectivity index is 3.03. The lowest BCUT2D eigenvalue weighted by Crippen LogP contribution is -2.15. The van der Waals surface area contributed by atoms with E-state index in [0.717, 1.165) is 0 Å². The van der Waals surface area contributed by atoms with Gasteiger partial charge in [0.15, 0.2) is 0 Å². The van der Waals surface area contributed by atoms with Gasteiger partial charge in [0, 0.05) is 29.9 Å². The molecule has 1 rings (SSSR count).